The molecule has 0 fully saturated rings. The van der Waals surface area contributed by atoms with Crippen molar-refractivity contribution < 1.29 is 19.2 Å². The summed E-state index contributed by atoms with van der Waals surface area (Å²) < 4.78 is 13.1. The summed E-state index contributed by atoms with van der Waals surface area (Å²) in [4.78, 5) is 43.2. The van der Waals surface area contributed by atoms with Crippen LogP contribution in [0, 0.1) is 24.0 Å². The zero-order valence-corrected chi connectivity index (χ0v) is 24.4. The molecule has 1 atom stereocenters. The number of carbonyl (C=O) groups is 1. The maximum absolute atomic E-state index is 13.9. The Morgan fingerprint density at radius 3 is 2.57 bits per heavy atom. The van der Waals surface area contributed by atoms with Crippen LogP contribution < -0.4 is 19.6 Å². The molecule has 0 spiro atoms. The van der Waals surface area contributed by atoms with Gasteiger partial charge in [-0.2, -0.15) is 0 Å². The summed E-state index contributed by atoms with van der Waals surface area (Å²) in [5, 5.41) is 11.7. The Bertz CT molecular complexity index is 1900. The Hall–Kier alpha value is -4.83. The molecule has 9 nitrogen and oxygen atoms in total. The summed E-state index contributed by atoms with van der Waals surface area (Å²) in [5.74, 6) is 0.0297. The van der Waals surface area contributed by atoms with Crippen molar-refractivity contribution in [3.63, 3.8) is 0 Å². The largest absolute Gasteiger partial charge is 0.489 e. The SMILES string of the molecule is CCOC(=O)C1=C(C)N=c2s/c(=C/c3cccc(OCc4ccc(C)cc4)c3)c(=O)n2[C@H]1c1ccc(C)c([N+](=O)[O-])c1. The van der Waals surface area contributed by atoms with Gasteiger partial charge in [0.25, 0.3) is 11.2 Å². The predicted octanol–water partition coefficient (Wildman–Crippen LogP) is 4.90. The molecule has 0 saturated heterocycles. The number of nitro benzene ring substituents is 1. The second kappa shape index (κ2) is 12.0. The van der Waals surface area contributed by atoms with Gasteiger partial charge in [0.05, 0.1) is 33.4 Å². The van der Waals surface area contributed by atoms with E-state index in [-0.39, 0.29) is 23.4 Å². The molecule has 214 valence electrons. The predicted molar refractivity (Wildman–Crippen MR) is 160 cm³/mol. The summed E-state index contributed by atoms with van der Waals surface area (Å²) >= 11 is 1.18. The second-order valence-electron chi connectivity index (χ2n) is 9.95. The van der Waals surface area contributed by atoms with E-state index in [0.717, 1.165) is 11.1 Å². The highest BCUT2D eigenvalue weighted by Gasteiger charge is 2.34. The van der Waals surface area contributed by atoms with Crippen LogP contribution in [0.1, 0.15) is 47.7 Å². The molecule has 2 heterocycles. The lowest BCUT2D eigenvalue weighted by Gasteiger charge is -2.24. The molecule has 1 aromatic heterocycles. The highest BCUT2D eigenvalue weighted by Crippen LogP contribution is 2.33. The molecule has 1 aliphatic heterocycles. The molecule has 42 heavy (non-hydrogen) atoms. The molecule has 10 heteroatoms. The Kier molecular flexibility index (Phi) is 8.17. The lowest BCUT2D eigenvalue weighted by molar-refractivity contribution is -0.385. The first-order chi connectivity index (χ1) is 20.2. The van der Waals surface area contributed by atoms with Crippen molar-refractivity contribution in [2.75, 3.05) is 6.61 Å². The first-order valence-electron chi connectivity index (χ1n) is 13.4. The van der Waals surface area contributed by atoms with Gasteiger partial charge >= 0.3 is 5.97 Å². The average Bonchev–Trinajstić information content (AvgIpc) is 3.26. The minimum atomic E-state index is -0.939. The Morgan fingerprint density at radius 2 is 1.86 bits per heavy atom. The minimum Gasteiger partial charge on any atom is -0.489 e. The van der Waals surface area contributed by atoms with E-state index in [1.165, 1.54) is 27.5 Å². The van der Waals surface area contributed by atoms with Gasteiger partial charge in [-0.1, -0.05) is 65.4 Å². The number of nitro groups is 1. The third kappa shape index (κ3) is 5.80. The van der Waals surface area contributed by atoms with Crippen LogP contribution in [0.25, 0.3) is 6.08 Å². The van der Waals surface area contributed by atoms with Crippen LogP contribution in [-0.4, -0.2) is 22.1 Å². The molecule has 0 saturated carbocycles. The third-order valence-corrected chi connectivity index (χ3v) is 7.93. The Morgan fingerprint density at radius 1 is 1.10 bits per heavy atom. The topological polar surface area (TPSA) is 113 Å². The van der Waals surface area contributed by atoms with Crippen molar-refractivity contribution >= 4 is 29.1 Å². The molecule has 0 radical (unpaired) electrons. The van der Waals surface area contributed by atoms with E-state index in [2.05, 4.69) is 4.99 Å². The number of aryl methyl sites for hydroxylation is 2. The van der Waals surface area contributed by atoms with E-state index in [1.807, 2.05) is 55.5 Å². The number of hydrogen-bond acceptors (Lipinski definition) is 8. The second-order valence-corrected chi connectivity index (χ2v) is 11.0. The molecule has 5 rings (SSSR count). The van der Waals surface area contributed by atoms with Gasteiger partial charge < -0.3 is 9.47 Å². The molecule has 4 aromatic rings. The van der Waals surface area contributed by atoms with Crippen LogP contribution in [0.4, 0.5) is 5.69 Å². The number of thiazole rings is 1. The van der Waals surface area contributed by atoms with E-state index >= 15 is 0 Å². The lowest BCUT2D eigenvalue weighted by Crippen LogP contribution is -2.40. The number of hydrogen-bond donors (Lipinski definition) is 0. The normalized spacial score (nSPS) is 14.8. The van der Waals surface area contributed by atoms with Crippen molar-refractivity contribution in [3.05, 3.63) is 136 Å². The molecule has 0 N–H and O–H groups in total. The number of aromatic nitrogens is 1. The number of carbonyl (C=O) groups excluding carboxylic acids is 1. The smallest absolute Gasteiger partial charge is 0.338 e. The lowest BCUT2D eigenvalue weighted by atomic mass is 9.94. The molecule has 0 amide bonds. The molecular weight excluding hydrogens is 554 g/mol. The number of fused-ring (bicyclic) bond motifs is 1. The van der Waals surface area contributed by atoms with Crippen LogP contribution in [0.2, 0.25) is 0 Å². The average molecular weight is 584 g/mol. The summed E-state index contributed by atoms with van der Waals surface area (Å²) in [6.45, 7) is 7.57. The van der Waals surface area contributed by atoms with Gasteiger partial charge in [-0.25, -0.2) is 9.79 Å². The van der Waals surface area contributed by atoms with Gasteiger partial charge in [0.2, 0.25) is 0 Å². The molecule has 0 aliphatic carbocycles. The van der Waals surface area contributed by atoms with E-state index in [9.17, 15) is 19.7 Å². The number of esters is 1. The van der Waals surface area contributed by atoms with Gasteiger partial charge in [-0.05, 0) is 62.6 Å². The Labute approximate surface area is 245 Å². The van der Waals surface area contributed by atoms with Crippen LogP contribution in [0.3, 0.4) is 0 Å². The van der Waals surface area contributed by atoms with Crippen molar-refractivity contribution in [2.24, 2.45) is 4.99 Å². The zero-order chi connectivity index (χ0) is 30.0. The first-order valence-corrected chi connectivity index (χ1v) is 14.2. The number of rotatable bonds is 8. The van der Waals surface area contributed by atoms with Crippen molar-refractivity contribution in [1.29, 1.82) is 0 Å². The fourth-order valence-corrected chi connectivity index (χ4v) is 5.84. The fraction of sp³-hybridized carbons (Fsp3) is 0.219. The van der Waals surface area contributed by atoms with Crippen molar-refractivity contribution in [2.45, 2.75) is 40.3 Å². The zero-order valence-electron chi connectivity index (χ0n) is 23.6. The van der Waals surface area contributed by atoms with E-state index in [1.54, 1.807) is 39.0 Å². The van der Waals surface area contributed by atoms with Gasteiger partial charge in [0.1, 0.15) is 12.4 Å². The van der Waals surface area contributed by atoms with Crippen LogP contribution >= 0.6 is 11.3 Å². The van der Waals surface area contributed by atoms with Crippen molar-refractivity contribution in [3.8, 4) is 5.75 Å². The number of allylic oxidation sites excluding steroid dienone is 1. The fourth-order valence-electron chi connectivity index (χ4n) is 4.80. The summed E-state index contributed by atoms with van der Waals surface area (Å²) in [6.07, 6.45) is 1.75. The van der Waals surface area contributed by atoms with Gasteiger partial charge in [0.15, 0.2) is 4.80 Å². The highest BCUT2D eigenvalue weighted by atomic mass is 32.1. The molecule has 1 aliphatic rings. The first kappa shape index (κ1) is 28.7. The third-order valence-electron chi connectivity index (χ3n) is 6.94. The van der Waals surface area contributed by atoms with Gasteiger partial charge in [0, 0.05) is 11.6 Å². The molecule has 0 bridgehead atoms. The summed E-state index contributed by atoms with van der Waals surface area (Å²) in [6, 6.07) is 19.3. The van der Waals surface area contributed by atoms with Crippen molar-refractivity contribution in [1.82, 2.24) is 4.57 Å². The number of benzene rings is 3. The maximum Gasteiger partial charge on any atom is 0.338 e. The van der Waals surface area contributed by atoms with Gasteiger partial charge in [-0.3, -0.25) is 19.5 Å². The van der Waals surface area contributed by atoms with E-state index < -0.39 is 16.9 Å². The molecule has 3 aromatic carbocycles. The number of ether oxygens (including phenoxy) is 2. The number of nitrogens with zero attached hydrogens (tertiary/aromatic N) is 3. The van der Waals surface area contributed by atoms with Crippen LogP contribution in [0.5, 0.6) is 5.75 Å². The maximum atomic E-state index is 13.9. The minimum absolute atomic E-state index is 0.102. The van der Waals surface area contributed by atoms with E-state index in [0.29, 0.717) is 38.5 Å². The quantitative estimate of drug-likeness (QED) is 0.166. The summed E-state index contributed by atoms with van der Waals surface area (Å²) in [7, 11) is 0. The summed E-state index contributed by atoms with van der Waals surface area (Å²) in [5.41, 5.74) is 3.95. The van der Waals surface area contributed by atoms with Crippen LogP contribution in [0.15, 0.2) is 87.8 Å². The van der Waals surface area contributed by atoms with E-state index in [4.69, 9.17) is 9.47 Å². The van der Waals surface area contributed by atoms with Crippen LogP contribution in [-0.2, 0) is 16.1 Å². The molecular formula is C32H29N3O6S. The highest BCUT2D eigenvalue weighted by molar-refractivity contribution is 7.07. The monoisotopic (exact) mass is 583 g/mol. The standard InChI is InChI=1S/C32H29N3O6S/c1-5-40-31(37)28-21(4)33-32-34(29(28)24-14-11-20(3)26(17-24)35(38)39)30(36)27(42-32)16-23-7-6-8-25(15-23)41-18-22-12-9-19(2)10-13-22/h6-17,29H,5,18H2,1-4H3/b27-16+/t29-/m0/s1. The van der Waals surface area contributed by atoms with Gasteiger partial charge in [-0.15, -0.1) is 0 Å². The Balaban J connectivity index is 1.57. The molecule has 0 unspecified atom stereocenters.